The van der Waals surface area contributed by atoms with Crippen molar-refractivity contribution < 1.29 is 14.4 Å². The number of carboxylic acids is 1. The van der Waals surface area contributed by atoms with Gasteiger partial charge < -0.3 is 15.4 Å². The summed E-state index contributed by atoms with van der Waals surface area (Å²) in [6.07, 6.45) is 2.25. The molecule has 1 aliphatic carbocycles. The Balaban J connectivity index is 1.91. The molecule has 100 valence electrons. The van der Waals surface area contributed by atoms with Crippen molar-refractivity contribution in [1.29, 1.82) is 0 Å². The van der Waals surface area contributed by atoms with Gasteiger partial charge in [-0.3, -0.25) is 4.79 Å². The third-order valence-corrected chi connectivity index (χ3v) is 4.40. The second-order valence-electron chi connectivity index (χ2n) is 5.03. The topological polar surface area (TPSA) is 102 Å². The standard InChI is InChI=1S/C11H17N3O3S/c1-11(2,8(12)10(15)16)18-5-7-13-9(14-17-7)6-3-4-6/h6,8H,3-5,12H2,1-2H3,(H,15,16)/t8-/m0/s1. The van der Waals surface area contributed by atoms with Crippen LogP contribution in [0, 0.1) is 0 Å². The molecule has 0 saturated heterocycles. The molecular weight excluding hydrogens is 254 g/mol. The number of hydrogen-bond acceptors (Lipinski definition) is 6. The molecule has 0 spiro atoms. The van der Waals surface area contributed by atoms with Crippen molar-refractivity contribution in [2.45, 2.75) is 49.1 Å². The number of rotatable bonds is 6. The molecule has 0 bridgehead atoms. The molecule has 0 radical (unpaired) electrons. The van der Waals surface area contributed by atoms with E-state index in [9.17, 15) is 4.79 Å². The van der Waals surface area contributed by atoms with Crippen LogP contribution in [-0.4, -0.2) is 32.0 Å². The summed E-state index contributed by atoms with van der Waals surface area (Å²) in [6.45, 7) is 3.60. The Hall–Kier alpha value is -1.08. The van der Waals surface area contributed by atoms with E-state index in [1.807, 2.05) is 0 Å². The minimum absolute atomic E-state index is 0.460. The summed E-state index contributed by atoms with van der Waals surface area (Å²) in [6, 6.07) is -0.923. The number of nitrogens with two attached hydrogens (primary N) is 1. The zero-order valence-electron chi connectivity index (χ0n) is 10.4. The molecule has 1 aliphatic rings. The molecule has 1 aromatic rings. The van der Waals surface area contributed by atoms with E-state index >= 15 is 0 Å². The number of carboxylic acid groups (broad SMARTS) is 1. The van der Waals surface area contributed by atoms with Gasteiger partial charge in [-0.15, -0.1) is 11.8 Å². The molecule has 0 aromatic carbocycles. The smallest absolute Gasteiger partial charge is 0.321 e. The summed E-state index contributed by atoms with van der Waals surface area (Å²) in [4.78, 5) is 15.2. The molecule has 1 fully saturated rings. The second kappa shape index (κ2) is 4.89. The van der Waals surface area contributed by atoms with Crippen molar-refractivity contribution >= 4 is 17.7 Å². The highest BCUT2D eigenvalue weighted by molar-refractivity contribution is 7.99. The van der Waals surface area contributed by atoms with Gasteiger partial charge in [0.1, 0.15) is 6.04 Å². The number of carbonyl (C=O) groups is 1. The zero-order valence-corrected chi connectivity index (χ0v) is 11.2. The van der Waals surface area contributed by atoms with E-state index in [0.717, 1.165) is 18.7 Å². The molecule has 3 N–H and O–H groups in total. The van der Waals surface area contributed by atoms with Crippen molar-refractivity contribution in [3.05, 3.63) is 11.7 Å². The predicted octanol–water partition coefficient (Wildman–Crippen LogP) is 1.37. The number of aliphatic carboxylic acids is 1. The van der Waals surface area contributed by atoms with Gasteiger partial charge in [-0.05, 0) is 26.7 Å². The number of aromatic nitrogens is 2. The second-order valence-corrected chi connectivity index (χ2v) is 6.66. The lowest BCUT2D eigenvalue weighted by atomic mass is 10.1. The van der Waals surface area contributed by atoms with Gasteiger partial charge in [0.05, 0.1) is 5.75 Å². The van der Waals surface area contributed by atoms with Gasteiger partial charge in [-0.25, -0.2) is 0 Å². The summed E-state index contributed by atoms with van der Waals surface area (Å²) < 4.78 is 4.55. The first kappa shape index (κ1) is 13.4. The fraction of sp³-hybridized carbons (Fsp3) is 0.727. The molecule has 0 aliphatic heterocycles. The largest absolute Gasteiger partial charge is 0.480 e. The van der Waals surface area contributed by atoms with Crippen molar-refractivity contribution in [3.8, 4) is 0 Å². The lowest BCUT2D eigenvalue weighted by Crippen LogP contribution is -2.46. The maximum Gasteiger partial charge on any atom is 0.321 e. The minimum atomic E-state index is -1.00. The maximum atomic E-state index is 10.9. The first-order valence-corrected chi connectivity index (χ1v) is 6.83. The molecule has 1 atom stereocenters. The van der Waals surface area contributed by atoms with E-state index in [0.29, 0.717) is 17.6 Å². The Bertz CT molecular complexity index is 442. The van der Waals surface area contributed by atoms with Gasteiger partial charge in [0.2, 0.25) is 5.89 Å². The van der Waals surface area contributed by atoms with Gasteiger partial charge in [-0.1, -0.05) is 5.16 Å². The van der Waals surface area contributed by atoms with Crippen LogP contribution in [-0.2, 0) is 10.5 Å². The van der Waals surface area contributed by atoms with E-state index in [-0.39, 0.29) is 0 Å². The number of nitrogens with zero attached hydrogens (tertiary/aromatic N) is 2. The minimum Gasteiger partial charge on any atom is -0.480 e. The SMILES string of the molecule is CC(C)(SCc1nc(C2CC2)no1)[C@@H](N)C(=O)O. The van der Waals surface area contributed by atoms with E-state index in [1.165, 1.54) is 11.8 Å². The third kappa shape index (κ3) is 3.02. The van der Waals surface area contributed by atoms with E-state index in [4.69, 9.17) is 15.4 Å². The molecule has 1 heterocycles. The van der Waals surface area contributed by atoms with Crippen LogP contribution in [0.2, 0.25) is 0 Å². The van der Waals surface area contributed by atoms with Gasteiger partial charge in [-0.2, -0.15) is 4.98 Å². The Morgan fingerprint density at radius 1 is 1.67 bits per heavy atom. The first-order valence-electron chi connectivity index (χ1n) is 5.85. The fourth-order valence-corrected chi connectivity index (χ4v) is 2.36. The predicted molar refractivity (Wildman–Crippen MR) is 67.3 cm³/mol. The molecule has 0 amide bonds. The highest BCUT2D eigenvalue weighted by atomic mass is 32.2. The van der Waals surface area contributed by atoms with Gasteiger partial charge in [0.15, 0.2) is 5.82 Å². The molecule has 6 nitrogen and oxygen atoms in total. The highest BCUT2D eigenvalue weighted by Crippen LogP contribution is 2.38. The molecule has 1 aromatic heterocycles. The van der Waals surface area contributed by atoms with Gasteiger partial charge in [0.25, 0.3) is 0 Å². The van der Waals surface area contributed by atoms with Crippen molar-refractivity contribution in [1.82, 2.24) is 10.1 Å². The van der Waals surface area contributed by atoms with Crippen LogP contribution >= 0.6 is 11.8 Å². The van der Waals surface area contributed by atoms with E-state index in [2.05, 4.69) is 10.1 Å². The monoisotopic (exact) mass is 271 g/mol. The van der Waals surface area contributed by atoms with Gasteiger partial charge in [0, 0.05) is 10.7 Å². The Kier molecular flexibility index (Phi) is 3.63. The van der Waals surface area contributed by atoms with E-state index in [1.54, 1.807) is 13.8 Å². The lowest BCUT2D eigenvalue weighted by molar-refractivity contribution is -0.139. The van der Waals surface area contributed by atoms with Crippen LogP contribution in [0.3, 0.4) is 0 Å². The maximum absolute atomic E-state index is 10.9. The lowest BCUT2D eigenvalue weighted by Gasteiger charge is -2.27. The Morgan fingerprint density at radius 3 is 2.89 bits per heavy atom. The van der Waals surface area contributed by atoms with Crippen LogP contribution in [0.15, 0.2) is 4.52 Å². The van der Waals surface area contributed by atoms with Crippen LogP contribution < -0.4 is 5.73 Å². The summed E-state index contributed by atoms with van der Waals surface area (Å²) in [5.74, 6) is 1.24. The van der Waals surface area contributed by atoms with Gasteiger partial charge >= 0.3 is 5.97 Å². The van der Waals surface area contributed by atoms with Crippen molar-refractivity contribution in [2.75, 3.05) is 0 Å². The highest BCUT2D eigenvalue weighted by Gasteiger charge is 2.33. The summed E-state index contributed by atoms with van der Waals surface area (Å²) in [5, 5.41) is 12.8. The average Bonchev–Trinajstić information content (AvgIpc) is 3.05. The summed E-state index contributed by atoms with van der Waals surface area (Å²) in [7, 11) is 0. The van der Waals surface area contributed by atoms with Crippen LogP contribution in [0.1, 0.15) is 44.3 Å². The molecule has 7 heteroatoms. The average molecular weight is 271 g/mol. The fourth-order valence-electron chi connectivity index (χ4n) is 1.47. The molecular formula is C11H17N3O3S. The Morgan fingerprint density at radius 2 is 2.33 bits per heavy atom. The summed E-state index contributed by atoms with van der Waals surface area (Å²) >= 11 is 1.41. The molecule has 1 saturated carbocycles. The van der Waals surface area contributed by atoms with E-state index < -0.39 is 16.8 Å². The Labute approximate surface area is 109 Å². The molecule has 2 rings (SSSR count). The molecule has 18 heavy (non-hydrogen) atoms. The van der Waals surface area contributed by atoms with Crippen molar-refractivity contribution in [2.24, 2.45) is 5.73 Å². The van der Waals surface area contributed by atoms with Crippen LogP contribution in [0.5, 0.6) is 0 Å². The third-order valence-electron chi connectivity index (χ3n) is 3.01. The first-order chi connectivity index (χ1) is 8.40. The van der Waals surface area contributed by atoms with Crippen molar-refractivity contribution in [3.63, 3.8) is 0 Å². The zero-order chi connectivity index (χ0) is 13.3. The quantitative estimate of drug-likeness (QED) is 0.805. The number of hydrogen-bond donors (Lipinski definition) is 2. The number of thioether (sulfide) groups is 1. The summed E-state index contributed by atoms with van der Waals surface area (Å²) in [5.41, 5.74) is 5.63. The van der Waals surface area contributed by atoms with Crippen LogP contribution in [0.4, 0.5) is 0 Å². The van der Waals surface area contributed by atoms with Crippen LogP contribution in [0.25, 0.3) is 0 Å². The molecule has 0 unspecified atom stereocenters. The normalized spacial score (nSPS) is 17.7.